The minimum absolute atomic E-state index is 0.0526. The normalized spacial score (nSPS) is 12.8. The fraction of sp³-hybridized carbons (Fsp3) is 0.400. The van der Waals surface area contributed by atoms with Gasteiger partial charge in [0.05, 0.1) is 0 Å². The van der Waals surface area contributed by atoms with Gasteiger partial charge in [0.15, 0.2) is 5.29 Å². The summed E-state index contributed by atoms with van der Waals surface area (Å²) in [6.45, 7) is 7.95. The first kappa shape index (κ1) is 14.5. The van der Waals surface area contributed by atoms with Crippen molar-refractivity contribution < 1.29 is 4.79 Å². The maximum Gasteiger partial charge on any atom is 0.216 e. The van der Waals surface area contributed by atoms with Gasteiger partial charge in [0.1, 0.15) is 5.82 Å². The Morgan fingerprint density at radius 3 is 2.44 bits per heavy atom. The molecule has 0 saturated carbocycles. The van der Waals surface area contributed by atoms with Crippen molar-refractivity contribution in [2.45, 2.75) is 13.8 Å². The first-order valence-corrected chi connectivity index (χ1v) is 5.16. The van der Waals surface area contributed by atoms with Crippen LogP contribution in [0, 0.1) is 0 Å². The number of allylic oxidation sites excluding steroid dienone is 2. The van der Waals surface area contributed by atoms with E-state index in [0.717, 1.165) is 5.57 Å². The Kier molecular flexibility index (Phi) is 7.03. The standard InChI is InChI=1S/C10H17ClN4O/c1-4-7(2)9(15-10(11)12)14-6-5-13-8(3)16/h4,14H,1,5-6H2,2-3H3,(H2,12,15)(H,13,16)/b9-7-. The van der Waals surface area contributed by atoms with Crippen LogP contribution in [-0.4, -0.2) is 24.3 Å². The zero-order valence-corrected chi connectivity index (χ0v) is 10.3. The predicted molar refractivity (Wildman–Crippen MR) is 67.1 cm³/mol. The highest BCUT2D eigenvalue weighted by atomic mass is 35.5. The van der Waals surface area contributed by atoms with Gasteiger partial charge in [-0.2, -0.15) is 0 Å². The van der Waals surface area contributed by atoms with E-state index in [4.69, 9.17) is 17.3 Å². The Hall–Kier alpha value is -1.49. The molecule has 0 aliphatic rings. The zero-order chi connectivity index (χ0) is 12.6. The summed E-state index contributed by atoms with van der Waals surface area (Å²) in [7, 11) is 0. The van der Waals surface area contributed by atoms with Crippen LogP contribution in [0.15, 0.2) is 29.0 Å². The van der Waals surface area contributed by atoms with Crippen molar-refractivity contribution in [3.8, 4) is 0 Å². The van der Waals surface area contributed by atoms with Crippen LogP contribution in [0.25, 0.3) is 0 Å². The maximum atomic E-state index is 10.6. The van der Waals surface area contributed by atoms with E-state index in [9.17, 15) is 4.79 Å². The molecule has 5 nitrogen and oxygen atoms in total. The number of amides is 1. The minimum Gasteiger partial charge on any atom is -0.374 e. The molecule has 0 aliphatic heterocycles. The van der Waals surface area contributed by atoms with Crippen molar-refractivity contribution in [1.29, 1.82) is 0 Å². The number of nitrogens with one attached hydrogen (secondary N) is 2. The van der Waals surface area contributed by atoms with Gasteiger partial charge < -0.3 is 16.4 Å². The second-order valence-electron chi connectivity index (χ2n) is 3.08. The minimum atomic E-state index is -0.0758. The third-order valence-electron chi connectivity index (χ3n) is 1.69. The quantitative estimate of drug-likeness (QED) is 0.211. The topological polar surface area (TPSA) is 79.5 Å². The van der Waals surface area contributed by atoms with E-state index in [1.807, 2.05) is 6.92 Å². The average molecular weight is 245 g/mol. The molecule has 0 atom stereocenters. The summed E-state index contributed by atoms with van der Waals surface area (Å²) in [5.41, 5.74) is 6.10. The summed E-state index contributed by atoms with van der Waals surface area (Å²) in [6, 6.07) is 0. The molecule has 0 aromatic heterocycles. The summed E-state index contributed by atoms with van der Waals surface area (Å²) in [5.74, 6) is 0.473. The maximum absolute atomic E-state index is 10.6. The SMILES string of the molecule is C=C/C(C)=C(\N=C(/N)Cl)NCCNC(C)=O. The summed E-state index contributed by atoms with van der Waals surface area (Å²) in [4.78, 5) is 14.5. The van der Waals surface area contributed by atoms with Gasteiger partial charge in [-0.1, -0.05) is 12.7 Å². The lowest BCUT2D eigenvalue weighted by atomic mass is 10.3. The van der Waals surface area contributed by atoms with Gasteiger partial charge in [-0.25, -0.2) is 4.99 Å². The lowest BCUT2D eigenvalue weighted by Gasteiger charge is -2.09. The highest BCUT2D eigenvalue weighted by Gasteiger charge is 1.99. The van der Waals surface area contributed by atoms with E-state index < -0.39 is 0 Å². The Morgan fingerprint density at radius 1 is 1.44 bits per heavy atom. The van der Waals surface area contributed by atoms with Gasteiger partial charge in [0, 0.05) is 20.0 Å². The van der Waals surface area contributed by atoms with Crippen LogP contribution in [0.2, 0.25) is 0 Å². The van der Waals surface area contributed by atoms with Crippen LogP contribution in [0.1, 0.15) is 13.8 Å². The van der Waals surface area contributed by atoms with Gasteiger partial charge in [-0.3, -0.25) is 4.79 Å². The van der Waals surface area contributed by atoms with Crippen LogP contribution in [0.5, 0.6) is 0 Å². The second kappa shape index (κ2) is 7.76. The number of rotatable bonds is 6. The lowest BCUT2D eigenvalue weighted by Crippen LogP contribution is -2.30. The van der Waals surface area contributed by atoms with Crippen LogP contribution in [0.3, 0.4) is 0 Å². The molecule has 6 heteroatoms. The van der Waals surface area contributed by atoms with E-state index in [1.165, 1.54) is 6.92 Å². The molecular weight excluding hydrogens is 228 g/mol. The number of carbonyl (C=O) groups excluding carboxylic acids is 1. The van der Waals surface area contributed by atoms with Gasteiger partial charge in [-0.05, 0) is 24.1 Å². The molecule has 0 fully saturated rings. The number of hydrogen-bond donors (Lipinski definition) is 3. The molecule has 90 valence electrons. The van der Waals surface area contributed by atoms with Crippen molar-refractivity contribution in [2.75, 3.05) is 13.1 Å². The van der Waals surface area contributed by atoms with Crippen LogP contribution in [0.4, 0.5) is 0 Å². The van der Waals surface area contributed by atoms with E-state index in [1.54, 1.807) is 6.08 Å². The number of amidine groups is 1. The molecule has 0 aromatic carbocycles. The van der Waals surface area contributed by atoms with Gasteiger partial charge in [0.2, 0.25) is 5.91 Å². The molecule has 4 N–H and O–H groups in total. The Labute approximate surface area is 100 Å². The van der Waals surface area contributed by atoms with E-state index in [-0.39, 0.29) is 11.2 Å². The fourth-order valence-electron chi connectivity index (χ4n) is 0.890. The van der Waals surface area contributed by atoms with E-state index in [2.05, 4.69) is 22.2 Å². The molecule has 0 unspecified atom stereocenters. The molecule has 0 radical (unpaired) electrons. The summed E-state index contributed by atoms with van der Waals surface area (Å²) < 4.78 is 0. The number of halogens is 1. The third kappa shape index (κ3) is 6.89. The third-order valence-corrected chi connectivity index (χ3v) is 1.77. The Morgan fingerprint density at radius 2 is 2.00 bits per heavy atom. The number of aliphatic imine (C=N–C) groups is 1. The Bertz CT molecular complexity index is 319. The van der Waals surface area contributed by atoms with Crippen molar-refractivity contribution >= 4 is 22.8 Å². The van der Waals surface area contributed by atoms with Gasteiger partial charge in [-0.15, -0.1) is 0 Å². The number of hydrogen-bond acceptors (Lipinski definition) is 3. The molecular formula is C10H17ClN4O. The largest absolute Gasteiger partial charge is 0.374 e. The fourth-order valence-corrected chi connectivity index (χ4v) is 0.975. The highest BCUT2D eigenvalue weighted by molar-refractivity contribution is 6.64. The average Bonchev–Trinajstić information content (AvgIpc) is 2.20. The smallest absolute Gasteiger partial charge is 0.216 e. The summed E-state index contributed by atoms with van der Waals surface area (Å²) in [6.07, 6.45) is 1.64. The first-order valence-electron chi connectivity index (χ1n) is 4.78. The molecule has 0 aromatic rings. The van der Waals surface area contributed by atoms with Crippen molar-refractivity contribution in [2.24, 2.45) is 10.7 Å². The van der Waals surface area contributed by atoms with Crippen LogP contribution >= 0.6 is 11.6 Å². The Balaban J connectivity index is 4.31. The molecule has 0 bridgehead atoms. The highest BCUT2D eigenvalue weighted by Crippen LogP contribution is 2.03. The first-order chi connectivity index (χ1) is 7.47. The number of carbonyl (C=O) groups is 1. The van der Waals surface area contributed by atoms with Gasteiger partial charge in [0.25, 0.3) is 0 Å². The monoisotopic (exact) mass is 244 g/mol. The summed E-state index contributed by atoms with van der Waals surface area (Å²) >= 11 is 5.49. The lowest BCUT2D eigenvalue weighted by molar-refractivity contribution is -0.118. The number of nitrogens with zero attached hydrogens (tertiary/aromatic N) is 1. The second-order valence-corrected chi connectivity index (χ2v) is 3.47. The predicted octanol–water partition coefficient (Wildman–Crippen LogP) is 0.683. The molecule has 1 amide bonds. The van der Waals surface area contributed by atoms with E-state index >= 15 is 0 Å². The zero-order valence-electron chi connectivity index (χ0n) is 9.51. The van der Waals surface area contributed by atoms with Gasteiger partial charge >= 0.3 is 0 Å². The van der Waals surface area contributed by atoms with E-state index in [0.29, 0.717) is 18.9 Å². The number of nitrogens with two attached hydrogens (primary N) is 1. The van der Waals surface area contributed by atoms with Crippen LogP contribution < -0.4 is 16.4 Å². The molecule has 0 heterocycles. The van der Waals surface area contributed by atoms with Crippen molar-refractivity contribution in [3.63, 3.8) is 0 Å². The molecule has 0 saturated heterocycles. The van der Waals surface area contributed by atoms with Crippen molar-refractivity contribution in [1.82, 2.24) is 10.6 Å². The molecule has 0 spiro atoms. The molecule has 0 aliphatic carbocycles. The van der Waals surface area contributed by atoms with Crippen molar-refractivity contribution in [3.05, 3.63) is 24.0 Å². The molecule has 16 heavy (non-hydrogen) atoms. The summed E-state index contributed by atoms with van der Waals surface area (Å²) in [5, 5.41) is 5.59. The van der Waals surface area contributed by atoms with Crippen LogP contribution in [-0.2, 0) is 4.79 Å². The molecule has 0 rings (SSSR count).